The maximum atomic E-state index is 13.4. The van der Waals surface area contributed by atoms with E-state index in [9.17, 15) is 19.3 Å². The van der Waals surface area contributed by atoms with Gasteiger partial charge in [0.2, 0.25) is 13.6 Å². The van der Waals surface area contributed by atoms with E-state index in [4.69, 9.17) is 33.5 Å². The Hall–Kier alpha value is -2.72. The summed E-state index contributed by atoms with van der Waals surface area (Å²) in [6.07, 6.45) is -0.121. The van der Waals surface area contributed by atoms with E-state index in [1.807, 2.05) is 0 Å². The van der Waals surface area contributed by atoms with Crippen molar-refractivity contribution in [2.24, 2.45) is 10.8 Å². The summed E-state index contributed by atoms with van der Waals surface area (Å²) in [4.78, 5) is 36.6. The van der Waals surface area contributed by atoms with Crippen molar-refractivity contribution in [2.75, 3.05) is 32.5 Å². The third kappa shape index (κ3) is 6.28. The van der Waals surface area contributed by atoms with E-state index in [0.29, 0.717) is 17.7 Å². The number of carbonyl (C=O) groups is 2. The average Bonchev–Trinajstić information content (AvgIpc) is 3.47. The normalized spacial score (nSPS) is 24.9. The molecule has 4 atom stereocenters. The zero-order valence-corrected chi connectivity index (χ0v) is 24.0. The molecule has 0 radical (unpaired) electrons. The van der Waals surface area contributed by atoms with Crippen molar-refractivity contribution in [3.8, 4) is 0 Å². The number of rotatable bonds is 10. The predicted molar refractivity (Wildman–Crippen MR) is 137 cm³/mol. The number of imidazole rings is 1. The number of anilines is 1. The van der Waals surface area contributed by atoms with Crippen LogP contribution in [0.3, 0.4) is 0 Å². The maximum absolute atomic E-state index is 13.4. The van der Waals surface area contributed by atoms with Gasteiger partial charge in [-0.15, -0.1) is 0 Å². The minimum absolute atomic E-state index is 0.189. The van der Waals surface area contributed by atoms with Gasteiger partial charge >= 0.3 is 19.8 Å². The Kier molecular flexibility index (Phi) is 8.26. The Morgan fingerprint density at radius 3 is 2.20 bits per heavy atom. The van der Waals surface area contributed by atoms with Crippen molar-refractivity contribution < 1.29 is 47.0 Å². The molecule has 2 saturated heterocycles. The van der Waals surface area contributed by atoms with Gasteiger partial charge in [0.15, 0.2) is 17.7 Å². The summed E-state index contributed by atoms with van der Waals surface area (Å²) in [5.41, 5.74) is 4.09. The molecule has 4 heterocycles. The summed E-state index contributed by atoms with van der Waals surface area (Å²) in [7, 11) is -4.48. The zero-order valence-electron chi connectivity index (χ0n) is 23.2. The average molecular weight is 587 g/mol. The largest absolute Gasteiger partial charge is 0.480 e. The van der Waals surface area contributed by atoms with Crippen LogP contribution in [0.2, 0.25) is 0 Å². The fourth-order valence-corrected chi connectivity index (χ4v) is 4.73. The molecule has 2 aliphatic rings. The third-order valence-electron chi connectivity index (χ3n) is 6.27. The van der Waals surface area contributed by atoms with Gasteiger partial charge in [0, 0.05) is 6.54 Å². The van der Waals surface area contributed by atoms with E-state index >= 15 is 0 Å². The van der Waals surface area contributed by atoms with Crippen LogP contribution in [0, 0.1) is 10.8 Å². The first-order valence-corrected chi connectivity index (χ1v) is 13.9. The number of aliphatic hydroxyl groups excluding tert-OH is 1. The number of nitrogen functional groups attached to an aromatic ring is 1. The van der Waals surface area contributed by atoms with Crippen LogP contribution >= 0.6 is 7.82 Å². The molecule has 17 heteroatoms. The summed E-state index contributed by atoms with van der Waals surface area (Å²) < 4.78 is 46.9. The lowest BCUT2D eigenvalue weighted by Gasteiger charge is -2.23. The van der Waals surface area contributed by atoms with Crippen LogP contribution < -0.4 is 11.1 Å². The van der Waals surface area contributed by atoms with Gasteiger partial charge in [-0.2, -0.15) is 0 Å². The maximum Gasteiger partial charge on any atom is 0.480 e. The topological polar surface area (TPSA) is 218 Å². The van der Waals surface area contributed by atoms with Crippen LogP contribution in [0.5, 0.6) is 0 Å². The predicted octanol–water partition coefficient (Wildman–Crippen LogP) is 1.26. The van der Waals surface area contributed by atoms with Crippen molar-refractivity contribution in [3.63, 3.8) is 0 Å². The first-order valence-electron chi connectivity index (χ1n) is 12.5. The number of ether oxygens (including phenoxy) is 3. The number of nitrogens with one attached hydrogen (secondary N) is 1. The van der Waals surface area contributed by atoms with E-state index in [1.165, 1.54) is 12.7 Å². The molecule has 222 valence electrons. The van der Waals surface area contributed by atoms with E-state index in [0.717, 1.165) is 0 Å². The molecule has 4 N–H and O–H groups in total. The Morgan fingerprint density at radius 1 is 1.10 bits per heavy atom. The van der Waals surface area contributed by atoms with Crippen LogP contribution in [-0.4, -0.2) is 81.0 Å². The second-order valence-corrected chi connectivity index (χ2v) is 13.2. The van der Waals surface area contributed by atoms with Crippen molar-refractivity contribution in [1.29, 1.82) is 0 Å². The molecular weight excluding hydrogens is 551 g/mol. The van der Waals surface area contributed by atoms with Crippen molar-refractivity contribution in [1.82, 2.24) is 24.8 Å². The SMILES string of the molecule is CC(C)(C)C(=O)OCOP(=O)(OCOC(=O)C(C)(C)C)OC[C@H]1OC(n2cnc3c(N)ncnc32)[C@]2(CN2)C1O. The number of aromatic nitrogens is 4. The Morgan fingerprint density at radius 2 is 1.68 bits per heavy atom. The summed E-state index contributed by atoms with van der Waals surface area (Å²) in [5.74, 6) is -1.04. The summed E-state index contributed by atoms with van der Waals surface area (Å²) in [6.45, 7) is 8.24. The molecule has 0 saturated carbocycles. The third-order valence-corrected chi connectivity index (χ3v) is 7.58. The molecule has 0 amide bonds. The van der Waals surface area contributed by atoms with E-state index in [-0.39, 0.29) is 5.82 Å². The Labute approximate surface area is 230 Å². The van der Waals surface area contributed by atoms with Gasteiger partial charge in [-0.25, -0.2) is 28.6 Å². The van der Waals surface area contributed by atoms with Gasteiger partial charge < -0.3 is 30.4 Å². The van der Waals surface area contributed by atoms with Gasteiger partial charge in [0.05, 0.1) is 23.8 Å². The van der Waals surface area contributed by atoms with Gasteiger partial charge in [-0.05, 0) is 41.5 Å². The lowest BCUT2D eigenvalue weighted by molar-refractivity contribution is -0.163. The number of hydrogen-bond acceptors (Lipinski definition) is 15. The Balaban J connectivity index is 1.45. The standard InChI is InChI=1S/C23H35N6O10P/c1-21(2,3)19(31)34-11-37-40(33,38-12-35-20(32)22(4,5)6)36-7-13-15(30)23(8-28-23)18(39-13)29-10-27-14-16(24)25-9-26-17(14)29/h9-10,13,15,18,28,30H,7-8,11-12H2,1-6H3,(H2,24,25,26)/t13-,15?,18?,23+/m1/s1. The highest BCUT2D eigenvalue weighted by Gasteiger charge is 2.65. The van der Waals surface area contributed by atoms with Crippen molar-refractivity contribution in [2.45, 2.75) is 65.5 Å². The van der Waals surface area contributed by atoms with Crippen LogP contribution in [0.15, 0.2) is 12.7 Å². The number of fused-ring (bicyclic) bond motifs is 1. The fourth-order valence-electron chi connectivity index (χ4n) is 3.81. The molecule has 0 aromatic carbocycles. The van der Waals surface area contributed by atoms with E-state index in [2.05, 4.69) is 20.3 Å². The first kappa shape index (κ1) is 30.2. The minimum atomic E-state index is -4.48. The molecule has 1 spiro atoms. The second kappa shape index (κ2) is 10.9. The van der Waals surface area contributed by atoms with Crippen LogP contribution in [0.4, 0.5) is 5.82 Å². The molecule has 0 bridgehead atoms. The number of nitrogens with two attached hydrogens (primary N) is 1. The quantitative estimate of drug-likeness (QED) is 0.154. The lowest BCUT2D eigenvalue weighted by atomic mass is 9.98. The zero-order chi connectivity index (χ0) is 29.5. The number of nitrogens with zero attached hydrogens (tertiary/aromatic N) is 4. The lowest BCUT2D eigenvalue weighted by Crippen LogP contribution is -2.39. The molecular formula is C23H35N6O10P. The summed E-state index contributed by atoms with van der Waals surface area (Å²) in [5, 5.41) is 14.2. The molecule has 2 aromatic heterocycles. The van der Waals surface area contributed by atoms with Crippen LogP contribution in [0.25, 0.3) is 11.2 Å². The van der Waals surface area contributed by atoms with E-state index in [1.54, 1.807) is 46.1 Å². The van der Waals surface area contributed by atoms with Crippen LogP contribution in [0.1, 0.15) is 47.8 Å². The fraction of sp³-hybridized carbons (Fsp3) is 0.696. The molecule has 2 aromatic rings. The molecule has 2 unspecified atom stereocenters. The van der Waals surface area contributed by atoms with Crippen molar-refractivity contribution >= 4 is 36.7 Å². The molecule has 40 heavy (non-hydrogen) atoms. The molecule has 0 aliphatic carbocycles. The number of aliphatic hydroxyl groups is 1. The minimum Gasteiger partial charge on any atom is -0.437 e. The molecule has 2 aliphatic heterocycles. The highest BCUT2D eigenvalue weighted by molar-refractivity contribution is 7.48. The second-order valence-electron chi connectivity index (χ2n) is 11.5. The smallest absolute Gasteiger partial charge is 0.437 e. The number of esters is 2. The van der Waals surface area contributed by atoms with Crippen molar-refractivity contribution in [3.05, 3.63) is 12.7 Å². The number of hydrogen-bond donors (Lipinski definition) is 3. The van der Waals surface area contributed by atoms with Gasteiger partial charge in [0.1, 0.15) is 29.6 Å². The first-order chi connectivity index (χ1) is 18.6. The number of phosphoric acid groups is 1. The Bertz CT molecular complexity index is 1270. The molecule has 4 rings (SSSR count). The summed E-state index contributed by atoms with van der Waals surface area (Å²) >= 11 is 0. The van der Waals surface area contributed by atoms with Gasteiger partial charge in [-0.1, -0.05) is 0 Å². The number of carbonyl (C=O) groups excluding carboxylic acids is 2. The van der Waals surface area contributed by atoms with E-state index < -0.39 is 74.8 Å². The molecule has 16 nitrogen and oxygen atoms in total. The van der Waals surface area contributed by atoms with Gasteiger partial charge in [0.25, 0.3) is 0 Å². The van der Waals surface area contributed by atoms with Gasteiger partial charge in [-0.3, -0.25) is 18.7 Å². The highest BCUT2D eigenvalue weighted by Crippen LogP contribution is 2.52. The summed E-state index contributed by atoms with van der Waals surface area (Å²) in [6, 6.07) is 0. The highest BCUT2D eigenvalue weighted by atomic mass is 31.2. The number of phosphoric ester groups is 1. The van der Waals surface area contributed by atoms with Crippen LogP contribution in [-0.2, 0) is 41.9 Å². The monoisotopic (exact) mass is 586 g/mol. The molecule has 2 fully saturated rings.